The fraction of sp³-hybridized carbons (Fsp3) is 0.448. The molecule has 2 aliphatic rings. The Hall–Kier alpha value is -6.34. The van der Waals surface area contributed by atoms with Gasteiger partial charge in [-0.05, 0) is 126 Å². The summed E-state index contributed by atoms with van der Waals surface area (Å²) in [5.74, 6) is 0.299. The first-order chi connectivity index (χ1) is 40.7. The zero-order valence-electron chi connectivity index (χ0n) is 46.8. The van der Waals surface area contributed by atoms with Gasteiger partial charge in [-0.15, -0.1) is 0 Å². The SMILES string of the molecule is C.CN1Cc2c(Cl)cc(Cl)cc2C(c2cccc(NC(=O)CCCOCCOCCOCCN=[N+]=[N-])c2)C1.CN1Cc2c(Cl)cc(Cl)cc2C(c2cccc(NC(=O)Oc3ccc([N+](=O)[O-])cc3)c2)C1.[N-]=[N+]=NCCOCCOCCOCCN. The number of anilines is 2. The van der Waals surface area contributed by atoms with Crippen LogP contribution in [0.5, 0.6) is 5.75 Å². The smallest absolute Gasteiger partial charge is 0.410 e. The van der Waals surface area contributed by atoms with Crippen molar-refractivity contribution in [2.24, 2.45) is 16.0 Å². The van der Waals surface area contributed by atoms with Crippen LogP contribution in [0.1, 0.15) is 65.5 Å². The van der Waals surface area contributed by atoms with Crippen LogP contribution in [0.2, 0.25) is 20.1 Å². The molecule has 27 heteroatoms. The van der Waals surface area contributed by atoms with Crippen molar-refractivity contribution in [3.8, 4) is 5.75 Å². The largest absolute Gasteiger partial charge is 0.417 e. The van der Waals surface area contributed by atoms with Crippen LogP contribution in [-0.2, 0) is 46.3 Å². The molecule has 0 bridgehead atoms. The highest BCUT2D eigenvalue weighted by Crippen LogP contribution is 2.40. The van der Waals surface area contributed by atoms with E-state index in [9.17, 15) is 19.7 Å². The predicted molar refractivity (Wildman–Crippen MR) is 331 cm³/mol. The number of non-ortho nitro benzene ring substituents is 1. The van der Waals surface area contributed by atoms with Gasteiger partial charge in [0.1, 0.15) is 5.75 Å². The Labute approximate surface area is 515 Å². The molecule has 5 aromatic rings. The van der Waals surface area contributed by atoms with Gasteiger partial charge in [-0.25, -0.2) is 4.79 Å². The van der Waals surface area contributed by atoms with Crippen LogP contribution in [0.3, 0.4) is 0 Å². The fourth-order valence-electron chi connectivity index (χ4n) is 8.84. The maximum atomic E-state index is 12.5. The van der Waals surface area contributed by atoms with E-state index in [0.29, 0.717) is 138 Å². The van der Waals surface area contributed by atoms with E-state index in [-0.39, 0.29) is 36.6 Å². The van der Waals surface area contributed by atoms with Crippen molar-refractivity contribution in [1.82, 2.24) is 9.80 Å². The van der Waals surface area contributed by atoms with Crippen LogP contribution >= 0.6 is 46.4 Å². The first-order valence-electron chi connectivity index (χ1n) is 26.9. The van der Waals surface area contributed by atoms with Crippen LogP contribution in [0.25, 0.3) is 20.9 Å². The molecule has 460 valence electrons. The molecule has 0 saturated heterocycles. The van der Waals surface area contributed by atoms with Crippen LogP contribution in [0, 0.1) is 10.1 Å². The van der Waals surface area contributed by atoms with Gasteiger partial charge in [0.15, 0.2) is 0 Å². The highest BCUT2D eigenvalue weighted by molar-refractivity contribution is 6.35. The number of hydrogen-bond acceptors (Lipinski definition) is 16. The molecule has 0 aromatic heterocycles. The molecule has 2 aliphatic heterocycles. The average molecular weight is 1260 g/mol. The molecule has 0 radical (unpaired) electrons. The summed E-state index contributed by atoms with van der Waals surface area (Å²) >= 11 is 25.5. The molecule has 2 heterocycles. The highest BCUT2D eigenvalue weighted by Gasteiger charge is 2.29. The summed E-state index contributed by atoms with van der Waals surface area (Å²) in [5.41, 5.74) is 29.1. The predicted octanol–water partition coefficient (Wildman–Crippen LogP) is 12.7. The first kappa shape index (κ1) is 71.1. The molecule has 0 saturated carbocycles. The standard InChI is InChI=1S/C26H33Cl2N5O4.C23H19Cl2N3O4.C8H18N4O3.CH4/c1-33-17-23(22-15-20(27)16-25(28)24(22)18-33)19-4-2-5-21(14-19)31-26(34)6-3-8-35-10-12-37-13-11-36-9-7-30-32-29;1-27-12-20(19-10-15(24)11-22(25)21(19)13-27)14-3-2-4-16(9-14)26-23(29)32-18-7-5-17(6-8-18)28(30)31;9-1-3-13-5-7-15-8-6-14-4-2-11-12-10;/h2,4-5,14-16,23H,3,6-13,17-18H2,1H3,(H,31,34);2-11,20H,12-13H2,1H3,(H,26,29);1-9H2;1H4. The Kier molecular flexibility index (Phi) is 33.6. The summed E-state index contributed by atoms with van der Waals surface area (Å²) in [4.78, 5) is 44.7. The lowest BCUT2D eigenvalue weighted by atomic mass is 9.84. The van der Waals surface area contributed by atoms with E-state index < -0.39 is 11.0 Å². The number of amides is 2. The number of halogens is 4. The van der Waals surface area contributed by atoms with Gasteiger partial charge in [0, 0.05) is 124 Å². The Bertz CT molecular complexity index is 2980. The van der Waals surface area contributed by atoms with Crippen molar-refractivity contribution < 1.29 is 47.7 Å². The minimum Gasteiger partial charge on any atom is -0.410 e. The number of azide groups is 2. The minimum absolute atomic E-state index is 0. The normalized spacial score (nSPS) is 14.2. The van der Waals surface area contributed by atoms with E-state index in [1.807, 2.05) is 55.6 Å². The number of carbonyl (C=O) groups excluding carboxylic acids is 2. The number of likely N-dealkylation sites (N-methyl/N-ethyl adjacent to an activating group) is 2. The Morgan fingerprint density at radius 3 is 1.52 bits per heavy atom. The summed E-state index contributed by atoms with van der Waals surface area (Å²) in [7, 11) is 4.11. The number of benzene rings is 5. The summed E-state index contributed by atoms with van der Waals surface area (Å²) in [6, 6.07) is 28.2. The molecule has 5 aromatic carbocycles. The maximum absolute atomic E-state index is 12.5. The highest BCUT2D eigenvalue weighted by atomic mass is 35.5. The summed E-state index contributed by atoms with van der Waals surface area (Å²) in [6.07, 6.45) is 0.291. The zero-order chi connectivity index (χ0) is 60.5. The second kappa shape index (κ2) is 40.1. The average Bonchev–Trinajstić information content (AvgIpc) is 3.46. The van der Waals surface area contributed by atoms with E-state index in [2.05, 4.69) is 53.6 Å². The van der Waals surface area contributed by atoms with Crippen LogP contribution in [-0.4, -0.2) is 153 Å². The van der Waals surface area contributed by atoms with Crippen molar-refractivity contribution in [2.45, 2.75) is 45.2 Å². The molecule has 85 heavy (non-hydrogen) atoms. The van der Waals surface area contributed by atoms with Gasteiger partial charge < -0.3 is 54.0 Å². The van der Waals surface area contributed by atoms with E-state index in [1.54, 1.807) is 18.2 Å². The lowest BCUT2D eigenvalue weighted by molar-refractivity contribution is -0.384. The van der Waals surface area contributed by atoms with Crippen LogP contribution < -0.4 is 21.1 Å². The monoisotopic (exact) mass is 1250 g/mol. The van der Waals surface area contributed by atoms with Gasteiger partial charge in [0.2, 0.25) is 5.91 Å². The van der Waals surface area contributed by atoms with Crippen molar-refractivity contribution >= 4 is 75.5 Å². The Balaban J connectivity index is 0.000000294. The third-order valence-corrected chi connectivity index (χ3v) is 13.7. The van der Waals surface area contributed by atoms with Crippen molar-refractivity contribution in [2.75, 3.05) is 137 Å². The van der Waals surface area contributed by atoms with Crippen molar-refractivity contribution in [1.29, 1.82) is 0 Å². The molecule has 23 nitrogen and oxygen atoms in total. The summed E-state index contributed by atoms with van der Waals surface area (Å²) in [6.45, 7) is 10.1. The molecular formula is C58H74Cl4N12O11. The molecule has 0 fully saturated rings. The molecule has 4 N–H and O–H groups in total. The Morgan fingerprint density at radius 1 is 0.635 bits per heavy atom. The molecule has 2 unspecified atom stereocenters. The third-order valence-electron chi connectivity index (χ3n) is 12.6. The topological polar surface area (TPSA) is 296 Å². The van der Waals surface area contributed by atoms with Gasteiger partial charge in [0.05, 0.1) is 77.6 Å². The lowest BCUT2D eigenvalue weighted by Crippen LogP contribution is -2.31. The molecule has 0 spiro atoms. The first-order valence-corrected chi connectivity index (χ1v) is 28.4. The number of nitro groups is 1. The molecule has 7 rings (SSSR count). The molecule has 2 atom stereocenters. The van der Waals surface area contributed by atoms with Gasteiger partial charge >= 0.3 is 6.09 Å². The van der Waals surface area contributed by atoms with Crippen LogP contribution in [0.15, 0.2) is 107 Å². The number of nitro benzene ring substituents is 1. The van der Waals surface area contributed by atoms with E-state index in [4.69, 9.17) is 96.4 Å². The van der Waals surface area contributed by atoms with Gasteiger partial charge in [-0.2, -0.15) is 0 Å². The number of rotatable bonds is 30. The summed E-state index contributed by atoms with van der Waals surface area (Å²) in [5, 5.41) is 25.7. The van der Waals surface area contributed by atoms with E-state index in [1.165, 1.54) is 24.3 Å². The number of carbonyl (C=O) groups is 2. The van der Waals surface area contributed by atoms with Gasteiger partial charge in [0.25, 0.3) is 5.69 Å². The minimum atomic E-state index is -0.691. The van der Waals surface area contributed by atoms with Gasteiger partial charge in [-0.3, -0.25) is 20.2 Å². The van der Waals surface area contributed by atoms with E-state index >= 15 is 0 Å². The fourth-order valence-corrected chi connectivity index (χ4v) is 9.98. The molecule has 2 amide bonds. The number of fused-ring (bicyclic) bond motifs is 2. The number of hydrogen-bond donors (Lipinski definition) is 3. The lowest BCUT2D eigenvalue weighted by Gasteiger charge is -2.33. The van der Waals surface area contributed by atoms with Crippen molar-refractivity contribution in [3.63, 3.8) is 0 Å². The summed E-state index contributed by atoms with van der Waals surface area (Å²) < 4.78 is 36.8. The van der Waals surface area contributed by atoms with Crippen molar-refractivity contribution in [3.05, 3.63) is 182 Å². The quantitative estimate of drug-likeness (QED) is 0.00962. The Morgan fingerprint density at radius 2 is 1.07 bits per heavy atom. The van der Waals surface area contributed by atoms with Crippen LogP contribution in [0.4, 0.5) is 21.9 Å². The van der Waals surface area contributed by atoms with E-state index in [0.717, 1.165) is 65.2 Å². The number of nitrogens with two attached hydrogens (primary N) is 1. The number of ether oxygens (including phenoxy) is 7. The number of nitrogens with zero attached hydrogens (tertiary/aromatic N) is 9. The molecule has 0 aliphatic carbocycles. The maximum Gasteiger partial charge on any atom is 0.417 e. The second-order valence-electron chi connectivity index (χ2n) is 18.9. The number of nitrogens with one attached hydrogen (secondary N) is 2. The third kappa shape index (κ3) is 26.0. The second-order valence-corrected chi connectivity index (χ2v) is 20.6. The molecular weight excluding hydrogens is 1180 g/mol. The zero-order valence-corrected chi connectivity index (χ0v) is 49.9. The van der Waals surface area contributed by atoms with Gasteiger partial charge in [-0.1, -0.05) is 88.3 Å².